The Morgan fingerprint density at radius 2 is 2.24 bits per heavy atom. The van der Waals surface area contributed by atoms with Gasteiger partial charge >= 0.3 is 0 Å². The Morgan fingerprint density at radius 1 is 1.43 bits per heavy atom. The van der Waals surface area contributed by atoms with Crippen molar-refractivity contribution in [2.75, 3.05) is 4.90 Å². The van der Waals surface area contributed by atoms with Crippen LogP contribution >= 0.6 is 23.4 Å². The van der Waals surface area contributed by atoms with Crippen LogP contribution in [0.25, 0.3) is 0 Å². The van der Waals surface area contributed by atoms with E-state index in [-0.39, 0.29) is 18.2 Å². The zero-order valence-corrected chi connectivity index (χ0v) is 12.6. The summed E-state index contributed by atoms with van der Waals surface area (Å²) in [7, 11) is 0. The van der Waals surface area contributed by atoms with Crippen molar-refractivity contribution in [2.45, 2.75) is 23.8 Å². The number of anilines is 1. The average molecular weight is 323 g/mol. The van der Waals surface area contributed by atoms with Gasteiger partial charge in [-0.1, -0.05) is 29.4 Å². The van der Waals surface area contributed by atoms with Crippen molar-refractivity contribution >= 4 is 40.9 Å². The summed E-state index contributed by atoms with van der Waals surface area (Å²) in [6, 6.07) is 5.24. The van der Waals surface area contributed by atoms with Gasteiger partial charge in [-0.15, -0.1) is 0 Å². The number of aryl methyl sites for hydroxylation is 1. The van der Waals surface area contributed by atoms with E-state index in [0.29, 0.717) is 15.9 Å². The van der Waals surface area contributed by atoms with Gasteiger partial charge in [-0.2, -0.15) is 5.10 Å². The van der Waals surface area contributed by atoms with E-state index in [4.69, 9.17) is 11.6 Å². The quantitative estimate of drug-likeness (QED) is 0.876. The average Bonchev–Trinajstić information content (AvgIpc) is 3.02. The number of benzene rings is 1. The third-order valence-electron chi connectivity index (χ3n) is 3.10. The Morgan fingerprint density at radius 3 is 2.90 bits per heavy atom. The number of rotatable bonds is 3. The monoisotopic (exact) mass is 322 g/mol. The summed E-state index contributed by atoms with van der Waals surface area (Å²) < 4.78 is 0. The SMILES string of the molecule is Cc1ccc(N2C(=O)C[C@@H](Sc3ncn[nH]3)C2=O)c(Cl)c1. The van der Waals surface area contributed by atoms with Crippen molar-refractivity contribution < 1.29 is 9.59 Å². The van der Waals surface area contributed by atoms with Gasteiger partial charge in [0.25, 0.3) is 0 Å². The molecule has 1 atom stereocenters. The first-order valence-corrected chi connectivity index (χ1v) is 7.47. The lowest BCUT2D eigenvalue weighted by atomic mass is 10.2. The Kier molecular flexibility index (Phi) is 3.69. The molecule has 1 aliphatic heterocycles. The Hall–Kier alpha value is -1.86. The molecular formula is C13H11ClN4O2S. The van der Waals surface area contributed by atoms with Crippen LogP contribution in [0.2, 0.25) is 5.02 Å². The van der Waals surface area contributed by atoms with Crippen LogP contribution in [0, 0.1) is 6.92 Å². The summed E-state index contributed by atoms with van der Waals surface area (Å²) in [6.45, 7) is 1.89. The third kappa shape index (κ3) is 2.66. The van der Waals surface area contributed by atoms with E-state index in [1.807, 2.05) is 13.0 Å². The second-order valence-electron chi connectivity index (χ2n) is 4.62. The number of hydrogen-bond acceptors (Lipinski definition) is 5. The summed E-state index contributed by atoms with van der Waals surface area (Å²) in [5.41, 5.74) is 1.40. The largest absolute Gasteiger partial charge is 0.274 e. The second-order valence-corrected chi connectivity index (χ2v) is 6.22. The van der Waals surface area contributed by atoms with Crippen molar-refractivity contribution in [3.05, 3.63) is 35.1 Å². The number of thioether (sulfide) groups is 1. The molecule has 1 N–H and O–H groups in total. The summed E-state index contributed by atoms with van der Waals surface area (Å²) in [6.07, 6.45) is 1.48. The van der Waals surface area contributed by atoms with Crippen molar-refractivity contribution in [3.8, 4) is 0 Å². The second kappa shape index (κ2) is 5.50. The normalized spacial score (nSPS) is 18.6. The maximum Gasteiger partial charge on any atom is 0.247 e. The first-order chi connectivity index (χ1) is 10.1. The first-order valence-electron chi connectivity index (χ1n) is 6.21. The predicted octanol–water partition coefficient (Wildman–Crippen LogP) is 2.19. The van der Waals surface area contributed by atoms with Gasteiger partial charge in [-0.25, -0.2) is 9.88 Å². The highest BCUT2D eigenvalue weighted by Gasteiger charge is 2.41. The molecule has 1 saturated heterocycles. The predicted molar refractivity (Wildman–Crippen MR) is 79.3 cm³/mol. The highest BCUT2D eigenvalue weighted by Crippen LogP contribution is 2.35. The van der Waals surface area contributed by atoms with E-state index in [1.54, 1.807) is 12.1 Å². The maximum atomic E-state index is 12.4. The summed E-state index contributed by atoms with van der Waals surface area (Å²) in [4.78, 5) is 29.7. The number of amides is 2. The van der Waals surface area contributed by atoms with Crippen molar-refractivity contribution in [1.82, 2.24) is 15.2 Å². The van der Waals surface area contributed by atoms with Gasteiger partial charge in [0.1, 0.15) is 11.6 Å². The number of imide groups is 1. The number of carbonyl (C=O) groups excluding carboxylic acids is 2. The molecule has 8 heteroatoms. The minimum atomic E-state index is -0.511. The lowest BCUT2D eigenvalue weighted by Crippen LogP contribution is -2.31. The van der Waals surface area contributed by atoms with Gasteiger partial charge in [-0.05, 0) is 24.6 Å². The van der Waals surface area contributed by atoms with E-state index in [9.17, 15) is 9.59 Å². The van der Waals surface area contributed by atoms with Crippen LogP contribution in [0.4, 0.5) is 5.69 Å². The lowest BCUT2D eigenvalue weighted by Gasteiger charge is -2.16. The maximum absolute atomic E-state index is 12.4. The van der Waals surface area contributed by atoms with Crippen LogP contribution in [0.5, 0.6) is 0 Å². The van der Waals surface area contributed by atoms with Crippen molar-refractivity contribution in [2.24, 2.45) is 0 Å². The summed E-state index contributed by atoms with van der Waals surface area (Å²) in [5.74, 6) is -0.546. The first kappa shape index (κ1) is 14.1. The molecule has 1 aliphatic rings. The number of carbonyl (C=O) groups is 2. The van der Waals surface area contributed by atoms with E-state index in [1.165, 1.54) is 18.1 Å². The Balaban J connectivity index is 1.86. The molecule has 3 rings (SSSR count). The number of aromatic amines is 1. The van der Waals surface area contributed by atoms with Crippen LogP contribution in [-0.2, 0) is 9.59 Å². The number of nitrogens with one attached hydrogen (secondary N) is 1. The molecule has 6 nitrogen and oxygen atoms in total. The molecule has 1 aromatic carbocycles. The van der Waals surface area contributed by atoms with Crippen LogP contribution in [0.3, 0.4) is 0 Å². The fraction of sp³-hybridized carbons (Fsp3) is 0.231. The molecule has 21 heavy (non-hydrogen) atoms. The standard InChI is InChI=1S/C13H11ClN4O2S/c1-7-2-3-9(8(14)4-7)18-11(19)5-10(12(18)20)21-13-15-6-16-17-13/h2-4,6,10H,5H2,1H3,(H,15,16,17)/t10-/m1/s1. The molecular weight excluding hydrogens is 312 g/mol. The van der Waals surface area contributed by atoms with Gasteiger partial charge in [0.2, 0.25) is 11.8 Å². The Labute approximate surface area is 129 Å². The van der Waals surface area contributed by atoms with Crippen LogP contribution < -0.4 is 4.90 Å². The molecule has 2 amide bonds. The smallest absolute Gasteiger partial charge is 0.247 e. The molecule has 2 heterocycles. The van der Waals surface area contributed by atoms with Gasteiger partial charge in [0, 0.05) is 6.42 Å². The zero-order valence-electron chi connectivity index (χ0n) is 11.0. The van der Waals surface area contributed by atoms with Crippen LogP contribution in [0.15, 0.2) is 29.7 Å². The van der Waals surface area contributed by atoms with E-state index < -0.39 is 5.25 Å². The number of hydrogen-bond donors (Lipinski definition) is 1. The minimum Gasteiger partial charge on any atom is -0.274 e. The van der Waals surface area contributed by atoms with E-state index >= 15 is 0 Å². The molecule has 0 spiro atoms. The number of aromatic nitrogens is 3. The molecule has 0 unspecified atom stereocenters. The topological polar surface area (TPSA) is 79.0 Å². The zero-order chi connectivity index (χ0) is 15.0. The van der Waals surface area contributed by atoms with E-state index in [0.717, 1.165) is 10.5 Å². The fourth-order valence-corrected chi connectivity index (χ4v) is 3.36. The molecule has 2 aromatic rings. The molecule has 0 aliphatic carbocycles. The third-order valence-corrected chi connectivity index (χ3v) is 4.47. The summed E-state index contributed by atoms with van der Waals surface area (Å²) in [5, 5.41) is 6.78. The molecule has 0 saturated carbocycles. The van der Waals surface area contributed by atoms with Gasteiger partial charge in [0.05, 0.1) is 10.7 Å². The molecule has 1 fully saturated rings. The number of nitrogens with zero attached hydrogens (tertiary/aromatic N) is 3. The Bertz CT molecular complexity index is 704. The van der Waals surface area contributed by atoms with Crippen LogP contribution in [-0.4, -0.2) is 32.2 Å². The van der Waals surface area contributed by atoms with E-state index in [2.05, 4.69) is 15.2 Å². The molecule has 0 bridgehead atoms. The number of halogens is 1. The summed E-state index contributed by atoms with van der Waals surface area (Å²) >= 11 is 7.34. The highest BCUT2D eigenvalue weighted by atomic mass is 35.5. The van der Waals surface area contributed by atoms with Crippen LogP contribution in [0.1, 0.15) is 12.0 Å². The fourth-order valence-electron chi connectivity index (χ4n) is 2.13. The van der Waals surface area contributed by atoms with Gasteiger partial charge < -0.3 is 0 Å². The minimum absolute atomic E-state index is 0.119. The molecule has 108 valence electrons. The van der Waals surface area contributed by atoms with Crippen molar-refractivity contribution in [1.29, 1.82) is 0 Å². The van der Waals surface area contributed by atoms with Gasteiger partial charge in [0.15, 0.2) is 5.16 Å². The van der Waals surface area contributed by atoms with Crippen molar-refractivity contribution in [3.63, 3.8) is 0 Å². The number of H-pyrrole nitrogens is 1. The highest BCUT2D eigenvalue weighted by molar-refractivity contribution is 8.00. The van der Waals surface area contributed by atoms with Gasteiger partial charge in [-0.3, -0.25) is 14.7 Å². The molecule has 1 aromatic heterocycles. The lowest BCUT2D eigenvalue weighted by molar-refractivity contribution is -0.121. The molecule has 0 radical (unpaired) electrons.